The van der Waals surface area contributed by atoms with Gasteiger partial charge in [0.25, 0.3) is 0 Å². The molecule has 0 saturated carbocycles. The quantitative estimate of drug-likeness (QED) is 0.0433. The van der Waals surface area contributed by atoms with E-state index in [1.54, 1.807) is 0 Å². The number of esters is 2. The Morgan fingerprint density at radius 3 is 1.62 bits per heavy atom. The number of hydrogen-bond acceptors (Lipinski definition) is 7. The Morgan fingerprint density at radius 2 is 1.06 bits per heavy atom. The molecule has 7 nitrogen and oxygen atoms in total. The monoisotopic (exact) mass is 691 g/mol. The fourth-order valence-electron chi connectivity index (χ4n) is 6.11. The van der Waals surface area contributed by atoms with E-state index in [0.29, 0.717) is 37.6 Å². The summed E-state index contributed by atoms with van der Waals surface area (Å²) in [4.78, 5) is 24.9. The van der Waals surface area contributed by atoms with Gasteiger partial charge in [0.15, 0.2) is 0 Å². The number of carbonyl (C=O) groups is 2. The first-order chi connectivity index (χ1) is 25.4. The van der Waals surface area contributed by atoms with Crippen LogP contribution >= 0.6 is 0 Å². The summed E-state index contributed by atoms with van der Waals surface area (Å²) in [7, 11) is 0. The van der Waals surface area contributed by atoms with Crippen LogP contribution in [-0.2, 0) is 19.1 Å². The summed E-state index contributed by atoms with van der Waals surface area (Å²) in [6.45, 7) is 10.3. The lowest BCUT2D eigenvalue weighted by Gasteiger charge is -2.27. The molecular formula is C45H41NO6. The van der Waals surface area contributed by atoms with E-state index in [0.717, 1.165) is 34.8 Å². The number of benzene rings is 6. The van der Waals surface area contributed by atoms with Crippen molar-refractivity contribution in [2.24, 2.45) is 0 Å². The Bertz CT molecular complexity index is 2120. The molecule has 0 aromatic heterocycles. The van der Waals surface area contributed by atoms with Crippen LogP contribution in [0.25, 0.3) is 32.7 Å². The van der Waals surface area contributed by atoms with Gasteiger partial charge in [0.05, 0.1) is 26.4 Å². The van der Waals surface area contributed by atoms with Crippen molar-refractivity contribution in [2.45, 2.75) is 19.8 Å². The molecule has 0 aliphatic heterocycles. The topological polar surface area (TPSA) is 74.3 Å². The van der Waals surface area contributed by atoms with Gasteiger partial charge in [0.1, 0.15) is 11.5 Å². The molecule has 0 radical (unpaired) electrons. The lowest BCUT2D eigenvalue weighted by atomic mass is 9.91. The predicted molar refractivity (Wildman–Crippen MR) is 209 cm³/mol. The van der Waals surface area contributed by atoms with Crippen LogP contribution in [0.1, 0.15) is 18.4 Å². The normalized spacial score (nSPS) is 10.8. The largest absolute Gasteiger partial charge is 0.493 e. The molecule has 7 heteroatoms. The first kappa shape index (κ1) is 35.5. The maximum absolute atomic E-state index is 11.3. The summed E-state index contributed by atoms with van der Waals surface area (Å²) in [5.74, 6) is 0.550. The second-order valence-electron chi connectivity index (χ2n) is 12.2. The van der Waals surface area contributed by atoms with Crippen LogP contribution in [0.5, 0.6) is 11.5 Å². The molecule has 0 heterocycles. The number of ether oxygens (including phenoxy) is 4. The van der Waals surface area contributed by atoms with Crippen molar-refractivity contribution >= 4 is 50.5 Å². The summed E-state index contributed by atoms with van der Waals surface area (Å²) in [5, 5.41) is 4.86. The van der Waals surface area contributed by atoms with E-state index in [9.17, 15) is 9.59 Å². The summed E-state index contributed by atoms with van der Waals surface area (Å²) >= 11 is 0. The molecule has 0 unspecified atom stereocenters. The van der Waals surface area contributed by atoms with Gasteiger partial charge in [-0.05, 0) is 112 Å². The van der Waals surface area contributed by atoms with Gasteiger partial charge in [0, 0.05) is 42.1 Å². The van der Waals surface area contributed by atoms with E-state index in [1.165, 1.54) is 32.7 Å². The van der Waals surface area contributed by atoms with Crippen molar-refractivity contribution in [3.8, 4) is 22.6 Å². The first-order valence-electron chi connectivity index (χ1n) is 17.3. The van der Waals surface area contributed by atoms with Crippen molar-refractivity contribution in [3.05, 3.63) is 152 Å². The van der Waals surface area contributed by atoms with Crippen molar-refractivity contribution in [1.82, 2.24) is 0 Å². The number of carbonyl (C=O) groups excluding carboxylic acids is 2. The Hall–Kier alpha value is -6.34. The van der Waals surface area contributed by atoms with E-state index < -0.39 is 11.9 Å². The minimum Gasteiger partial charge on any atom is -0.493 e. The number of fused-ring (bicyclic) bond motifs is 3. The third kappa shape index (κ3) is 8.50. The minimum atomic E-state index is -0.441. The van der Waals surface area contributed by atoms with Crippen molar-refractivity contribution in [2.75, 3.05) is 31.3 Å². The van der Waals surface area contributed by atoms with Gasteiger partial charge in [0.2, 0.25) is 0 Å². The molecule has 6 aromatic carbocycles. The van der Waals surface area contributed by atoms with Gasteiger partial charge >= 0.3 is 11.9 Å². The Morgan fingerprint density at radius 1 is 0.558 bits per heavy atom. The van der Waals surface area contributed by atoms with Gasteiger partial charge in [-0.1, -0.05) is 67.8 Å². The summed E-state index contributed by atoms with van der Waals surface area (Å²) in [5.41, 5.74) is 6.39. The zero-order valence-electron chi connectivity index (χ0n) is 29.3. The highest BCUT2D eigenvalue weighted by atomic mass is 16.5. The SMILES string of the molecule is C=CC(=O)OCCCOc1ccc(N(c2ccc(OCCCOC(=O)C=C)cc2)c2ccc(C)c(-c3cc4ccccc4c4ccccc34)c2)cc1. The average Bonchev–Trinajstić information content (AvgIpc) is 3.19. The highest BCUT2D eigenvalue weighted by molar-refractivity contribution is 6.14. The third-order valence-corrected chi connectivity index (χ3v) is 8.66. The highest BCUT2D eigenvalue weighted by Gasteiger charge is 2.17. The molecule has 262 valence electrons. The van der Waals surface area contributed by atoms with E-state index in [-0.39, 0.29) is 13.2 Å². The van der Waals surface area contributed by atoms with Crippen LogP contribution in [0.4, 0.5) is 17.1 Å². The minimum absolute atomic E-state index is 0.265. The van der Waals surface area contributed by atoms with Crippen LogP contribution in [0, 0.1) is 6.92 Å². The van der Waals surface area contributed by atoms with Gasteiger partial charge in [-0.2, -0.15) is 0 Å². The van der Waals surface area contributed by atoms with Crippen LogP contribution < -0.4 is 14.4 Å². The van der Waals surface area contributed by atoms with E-state index in [1.807, 2.05) is 48.5 Å². The van der Waals surface area contributed by atoms with Crippen LogP contribution in [-0.4, -0.2) is 38.4 Å². The Kier molecular flexibility index (Phi) is 11.6. The molecule has 0 aliphatic rings. The van der Waals surface area contributed by atoms with Gasteiger partial charge in [-0.15, -0.1) is 0 Å². The maximum Gasteiger partial charge on any atom is 0.330 e. The lowest BCUT2D eigenvalue weighted by Crippen LogP contribution is -2.11. The first-order valence-corrected chi connectivity index (χ1v) is 17.3. The Balaban J connectivity index is 1.31. The fraction of sp³-hybridized carbons (Fsp3) is 0.156. The number of rotatable bonds is 16. The smallest absolute Gasteiger partial charge is 0.330 e. The number of anilines is 3. The summed E-state index contributed by atoms with van der Waals surface area (Å²) < 4.78 is 22.0. The zero-order chi connectivity index (χ0) is 36.3. The molecule has 52 heavy (non-hydrogen) atoms. The van der Waals surface area contributed by atoms with E-state index in [2.05, 4.69) is 97.8 Å². The van der Waals surface area contributed by atoms with Crippen LogP contribution in [0.3, 0.4) is 0 Å². The molecule has 6 rings (SSSR count). The maximum atomic E-state index is 11.3. The Labute approximate surface area is 304 Å². The van der Waals surface area contributed by atoms with Crippen LogP contribution in [0.2, 0.25) is 0 Å². The fourth-order valence-corrected chi connectivity index (χ4v) is 6.11. The van der Waals surface area contributed by atoms with Gasteiger partial charge in [-0.3, -0.25) is 0 Å². The average molecular weight is 692 g/mol. The van der Waals surface area contributed by atoms with Gasteiger partial charge < -0.3 is 23.8 Å². The molecular weight excluding hydrogens is 650 g/mol. The molecule has 0 aliphatic carbocycles. The van der Waals surface area contributed by atoms with Crippen molar-refractivity contribution in [3.63, 3.8) is 0 Å². The molecule has 0 saturated heterocycles. The lowest BCUT2D eigenvalue weighted by molar-refractivity contribution is -0.138. The number of aryl methyl sites for hydroxylation is 1. The highest BCUT2D eigenvalue weighted by Crippen LogP contribution is 2.41. The molecule has 0 spiro atoms. The molecule has 6 aromatic rings. The molecule has 0 amide bonds. The molecule has 0 fully saturated rings. The summed E-state index contributed by atoms with van der Waals surface area (Å²) in [6.07, 6.45) is 3.44. The van der Waals surface area contributed by atoms with Crippen molar-refractivity contribution in [1.29, 1.82) is 0 Å². The van der Waals surface area contributed by atoms with Crippen LogP contribution in [0.15, 0.2) is 147 Å². The number of nitrogens with zero attached hydrogens (tertiary/aromatic N) is 1. The van der Waals surface area contributed by atoms with E-state index in [4.69, 9.17) is 18.9 Å². The molecule has 0 bridgehead atoms. The summed E-state index contributed by atoms with van der Waals surface area (Å²) in [6, 6.07) is 41.9. The van der Waals surface area contributed by atoms with E-state index >= 15 is 0 Å². The molecule has 0 N–H and O–H groups in total. The molecule has 0 atom stereocenters. The number of hydrogen-bond donors (Lipinski definition) is 0. The third-order valence-electron chi connectivity index (χ3n) is 8.66. The second kappa shape index (κ2) is 17.1. The predicted octanol–water partition coefficient (Wildman–Crippen LogP) is 10.4. The standard InChI is InChI=1S/C45H41NO6/c1-4-44(47)51-28-10-26-49-37-22-18-34(19-23-37)46(35-20-24-38(25-21-35)50-27-11-29-52-45(48)5-2)36-17-16-32(3)42(31-36)43-30-33-12-6-7-13-39(33)40-14-8-9-15-41(40)43/h4-9,12-25,30-31H,1-2,10-11,26-29H2,3H3. The second-order valence-corrected chi connectivity index (χ2v) is 12.2. The van der Waals surface area contributed by atoms with Crippen molar-refractivity contribution < 1.29 is 28.5 Å². The zero-order valence-corrected chi connectivity index (χ0v) is 29.3. The van der Waals surface area contributed by atoms with Gasteiger partial charge in [-0.25, -0.2) is 9.59 Å².